The van der Waals surface area contributed by atoms with Crippen molar-refractivity contribution in [3.8, 4) is 0 Å². The maximum absolute atomic E-state index is 12.4. The third-order valence-electron chi connectivity index (χ3n) is 4.26. The fraction of sp³-hybridized carbons (Fsp3) is 0.714. The lowest BCUT2D eigenvalue weighted by atomic mass is 10.1. The molecule has 1 N–H and O–H groups in total. The molecule has 0 saturated carbocycles. The molecule has 2 saturated heterocycles. The van der Waals surface area contributed by atoms with E-state index in [2.05, 4.69) is 10.4 Å². The number of rotatable bonds is 2. The third kappa shape index (κ3) is 2.66. The predicted molar refractivity (Wildman–Crippen MR) is 72.8 cm³/mol. The first-order valence-electron chi connectivity index (χ1n) is 7.16. The predicted octanol–water partition coefficient (Wildman–Crippen LogP) is 0.853. The standard InChI is InChI=1S/C14H22N4O/c1-10-7-11(2)18(16-10)9-14(19)17-6-5-12-3-4-13(8-17)15-12/h7,12-13,15H,3-6,8-9H2,1-2H3. The zero-order chi connectivity index (χ0) is 13.4. The number of carbonyl (C=O) groups excluding carboxylic acids is 1. The Balaban J connectivity index is 1.65. The first-order valence-corrected chi connectivity index (χ1v) is 7.16. The number of nitrogens with one attached hydrogen (secondary N) is 1. The lowest BCUT2D eigenvalue weighted by molar-refractivity contribution is -0.132. The molecule has 19 heavy (non-hydrogen) atoms. The molecule has 1 amide bonds. The van der Waals surface area contributed by atoms with Gasteiger partial charge in [0.05, 0.1) is 5.69 Å². The quantitative estimate of drug-likeness (QED) is 0.860. The molecule has 0 radical (unpaired) electrons. The second-order valence-corrected chi connectivity index (χ2v) is 5.85. The highest BCUT2D eigenvalue weighted by atomic mass is 16.2. The van der Waals surface area contributed by atoms with Gasteiger partial charge in [0.25, 0.3) is 0 Å². The Kier molecular flexibility index (Phi) is 3.31. The van der Waals surface area contributed by atoms with Crippen molar-refractivity contribution < 1.29 is 4.79 Å². The lowest BCUT2D eigenvalue weighted by Gasteiger charge is -2.24. The molecule has 3 heterocycles. The van der Waals surface area contributed by atoms with Gasteiger partial charge in [-0.25, -0.2) is 0 Å². The van der Waals surface area contributed by atoms with Crippen LogP contribution in [-0.4, -0.2) is 45.8 Å². The summed E-state index contributed by atoms with van der Waals surface area (Å²) < 4.78 is 1.81. The maximum Gasteiger partial charge on any atom is 0.244 e. The average Bonchev–Trinajstić information content (AvgIpc) is 2.82. The number of amides is 1. The van der Waals surface area contributed by atoms with Crippen molar-refractivity contribution in [3.63, 3.8) is 0 Å². The Morgan fingerprint density at radius 1 is 1.37 bits per heavy atom. The number of aromatic nitrogens is 2. The minimum absolute atomic E-state index is 0.195. The molecule has 1 aromatic heterocycles. The van der Waals surface area contributed by atoms with Crippen LogP contribution in [0.3, 0.4) is 0 Å². The number of fused-ring (bicyclic) bond motifs is 2. The molecule has 2 fully saturated rings. The summed E-state index contributed by atoms with van der Waals surface area (Å²) in [5.74, 6) is 0.195. The molecule has 2 bridgehead atoms. The Bertz CT molecular complexity index is 482. The molecule has 104 valence electrons. The second kappa shape index (κ2) is 4.96. The zero-order valence-corrected chi connectivity index (χ0v) is 11.7. The number of carbonyl (C=O) groups is 1. The van der Waals surface area contributed by atoms with E-state index in [1.165, 1.54) is 12.8 Å². The van der Waals surface area contributed by atoms with Gasteiger partial charge in [-0.05, 0) is 39.2 Å². The van der Waals surface area contributed by atoms with Gasteiger partial charge >= 0.3 is 0 Å². The van der Waals surface area contributed by atoms with Crippen LogP contribution in [0, 0.1) is 13.8 Å². The highest BCUT2D eigenvalue weighted by Gasteiger charge is 2.31. The van der Waals surface area contributed by atoms with Crippen molar-refractivity contribution in [1.82, 2.24) is 20.0 Å². The minimum atomic E-state index is 0.195. The highest BCUT2D eigenvalue weighted by molar-refractivity contribution is 5.76. The molecular weight excluding hydrogens is 240 g/mol. The third-order valence-corrected chi connectivity index (χ3v) is 4.26. The van der Waals surface area contributed by atoms with Crippen molar-refractivity contribution in [1.29, 1.82) is 0 Å². The molecule has 0 aliphatic carbocycles. The van der Waals surface area contributed by atoms with Crippen LogP contribution < -0.4 is 5.32 Å². The van der Waals surface area contributed by atoms with E-state index in [-0.39, 0.29) is 5.91 Å². The van der Waals surface area contributed by atoms with E-state index in [9.17, 15) is 4.79 Å². The Morgan fingerprint density at radius 2 is 2.16 bits per heavy atom. The van der Waals surface area contributed by atoms with Crippen LogP contribution in [-0.2, 0) is 11.3 Å². The molecular formula is C14H22N4O. The van der Waals surface area contributed by atoms with Crippen molar-refractivity contribution in [2.75, 3.05) is 13.1 Å². The fourth-order valence-corrected chi connectivity index (χ4v) is 3.23. The van der Waals surface area contributed by atoms with Crippen LogP contribution in [0.25, 0.3) is 0 Å². The Hall–Kier alpha value is -1.36. The van der Waals surface area contributed by atoms with E-state index in [1.54, 1.807) is 0 Å². The van der Waals surface area contributed by atoms with Crippen molar-refractivity contribution in [3.05, 3.63) is 17.5 Å². The van der Waals surface area contributed by atoms with E-state index in [0.29, 0.717) is 18.6 Å². The van der Waals surface area contributed by atoms with Crippen molar-refractivity contribution in [2.45, 2.75) is 51.7 Å². The monoisotopic (exact) mass is 262 g/mol. The molecule has 2 atom stereocenters. The fourth-order valence-electron chi connectivity index (χ4n) is 3.23. The Morgan fingerprint density at radius 3 is 2.89 bits per heavy atom. The lowest BCUT2D eigenvalue weighted by Crippen LogP contribution is -2.40. The van der Waals surface area contributed by atoms with Gasteiger partial charge in [-0.15, -0.1) is 0 Å². The van der Waals surface area contributed by atoms with Gasteiger partial charge in [0.1, 0.15) is 6.54 Å². The SMILES string of the molecule is Cc1cc(C)n(CC(=O)N2CCC3CCC(C2)N3)n1. The van der Waals surface area contributed by atoms with Crippen LogP contribution in [0.15, 0.2) is 6.07 Å². The smallest absolute Gasteiger partial charge is 0.244 e. The molecule has 2 aliphatic heterocycles. The molecule has 0 aromatic carbocycles. The number of nitrogens with zero attached hydrogens (tertiary/aromatic N) is 3. The van der Waals surface area contributed by atoms with E-state index in [1.807, 2.05) is 29.5 Å². The highest BCUT2D eigenvalue weighted by Crippen LogP contribution is 2.20. The number of hydrogen-bond acceptors (Lipinski definition) is 3. The molecule has 2 unspecified atom stereocenters. The molecule has 3 rings (SSSR count). The summed E-state index contributed by atoms with van der Waals surface area (Å²) in [4.78, 5) is 14.4. The van der Waals surface area contributed by atoms with Gasteiger partial charge in [-0.2, -0.15) is 5.10 Å². The first-order chi connectivity index (χ1) is 9.11. The van der Waals surface area contributed by atoms with Crippen molar-refractivity contribution in [2.24, 2.45) is 0 Å². The van der Waals surface area contributed by atoms with Gasteiger partial charge in [-0.1, -0.05) is 0 Å². The van der Waals surface area contributed by atoms with Gasteiger partial charge < -0.3 is 10.2 Å². The number of aryl methyl sites for hydroxylation is 2. The van der Waals surface area contributed by atoms with Gasteiger partial charge in [0.15, 0.2) is 0 Å². The largest absolute Gasteiger partial charge is 0.339 e. The van der Waals surface area contributed by atoms with E-state index < -0.39 is 0 Å². The van der Waals surface area contributed by atoms with Gasteiger partial charge in [-0.3, -0.25) is 9.48 Å². The summed E-state index contributed by atoms with van der Waals surface area (Å²) in [7, 11) is 0. The average molecular weight is 262 g/mol. The summed E-state index contributed by atoms with van der Waals surface area (Å²) in [6.07, 6.45) is 3.55. The topological polar surface area (TPSA) is 50.2 Å². The first kappa shape index (κ1) is 12.7. The summed E-state index contributed by atoms with van der Waals surface area (Å²) in [5, 5.41) is 7.97. The van der Waals surface area contributed by atoms with Crippen LogP contribution in [0.2, 0.25) is 0 Å². The van der Waals surface area contributed by atoms with Crippen LogP contribution in [0.5, 0.6) is 0 Å². The second-order valence-electron chi connectivity index (χ2n) is 5.85. The van der Waals surface area contributed by atoms with Gasteiger partial charge in [0, 0.05) is 30.9 Å². The van der Waals surface area contributed by atoms with Crippen LogP contribution in [0.1, 0.15) is 30.7 Å². The number of likely N-dealkylation sites (tertiary alicyclic amines) is 1. The van der Waals surface area contributed by atoms with E-state index in [0.717, 1.165) is 30.9 Å². The maximum atomic E-state index is 12.4. The summed E-state index contributed by atoms with van der Waals surface area (Å²) in [5.41, 5.74) is 2.03. The van der Waals surface area contributed by atoms with Crippen LogP contribution >= 0.6 is 0 Å². The van der Waals surface area contributed by atoms with Crippen LogP contribution in [0.4, 0.5) is 0 Å². The summed E-state index contributed by atoms with van der Waals surface area (Å²) in [6.45, 7) is 6.07. The minimum Gasteiger partial charge on any atom is -0.339 e. The molecule has 0 spiro atoms. The molecule has 1 aromatic rings. The van der Waals surface area contributed by atoms with E-state index in [4.69, 9.17) is 0 Å². The summed E-state index contributed by atoms with van der Waals surface area (Å²) >= 11 is 0. The number of hydrogen-bond donors (Lipinski definition) is 1. The van der Waals surface area contributed by atoms with E-state index >= 15 is 0 Å². The normalized spacial score (nSPS) is 26.5. The van der Waals surface area contributed by atoms with Gasteiger partial charge in [0.2, 0.25) is 5.91 Å². The molecule has 5 heteroatoms. The van der Waals surface area contributed by atoms with Crippen molar-refractivity contribution >= 4 is 5.91 Å². The zero-order valence-electron chi connectivity index (χ0n) is 11.7. The summed E-state index contributed by atoms with van der Waals surface area (Å²) in [6, 6.07) is 3.13. The molecule has 2 aliphatic rings. The Labute approximate surface area is 114 Å². The molecule has 5 nitrogen and oxygen atoms in total.